The summed E-state index contributed by atoms with van der Waals surface area (Å²) in [5.74, 6) is -0.0332. The van der Waals surface area contributed by atoms with E-state index in [4.69, 9.17) is 16.3 Å². The third kappa shape index (κ3) is 4.00. The summed E-state index contributed by atoms with van der Waals surface area (Å²) in [6, 6.07) is 7.95. The summed E-state index contributed by atoms with van der Waals surface area (Å²) in [7, 11) is 0. The van der Waals surface area contributed by atoms with Gasteiger partial charge < -0.3 is 10.1 Å². The normalized spacial score (nSPS) is 16.8. The van der Waals surface area contributed by atoms with Crippen LogP contribution in [-0.2, 0) is 9.53 Å². The zero-order chi connectivity index (χ0) is 12.1. The molecular formula is C12H14ClN2O2. The van der Waals surface area contributed by atoms with Crippen molar-refractivity contribution in [3.8, 4) is 0 Å². The van der Waals surface area contributed by atoms with Gasteiger partial charge in [0.2, 0.25) is 5.91 Å². The maximum absolute atomic E-state index is 11.7. The predicted molar refractivity (Wildman–Crippen MR) is 66.2 cm³/mol. The van der Waals surface area contributed by atoms with Crippen LogP contribution in [0.3, 0.4) is 0 Å². The molecule has 1 amide bonds. The average Bonchev–Trinajstić information content (AvgIpc) is 2.30. The lowest BCUT2D eigenvalue weighted by atomic mass is 10.3. The summed E-state index contributed by atoms with van der Waals surface area (Å²) in [6.45, 7) is 3.38. The fourth-order valence-electron chi connectivity index (χ4n) is 1.68. The topological polar surface area (TPSA) is 41.6 Å². The number of carbonyl (C=O) groups excluding carboxylic acids is 1. The number of halogens is 1. The highest BCUT2D eigenvalue weighted by atomic mass is 35.5. The van der Waals surface area contributed by atoms with Crippen molar-refractivity contribution in [1.82, 2.24) is 4.90 Å². The van der Waals surface area contributed by atoms with Crippen molar-refractivity contribution >= 4 is 23.2 Å². The number of hydrogen-bond acceptors (Lipinski definition) is 3. The van der Waals surface area contributed by atoms with Crippen LogP contribution in [0.5, 0.6) is 0 Å². The van der Waals surface area contributed by atoms with Crippen LogP contribution in [0, 0.1) is 6.07 Å². The third-order valence-corrected chi connectivity index (χ3v) is 2.74. The van der Waals surface area contributed by atoms with Gasteiger partial charge in [0.1, 0.15) is 0 Å². The third-order valence-electron chi connectivity index (χ3n) is 2.52. The lowest BCUT2D eigenvalue weighted by Crippen LogP contribution is -2.41. The molecule has 17 heavy (non-hydrogen) atoms. The second kappa shape index (κ2) is 6.00. The van der Waals surface area contributed by atoms with Gasteiger partial charge in [0, 0.05) is 24.8 Å². The second-order valence-electron chi connectivity index (χ2n) is 3.86. The van der Waals surface area contributed by atoms with E-state index in [2.05, 4.69) is 16.3 Å². The molecule has 0 atom stereocenters. The summed E-state index contributed by atoms with van der Waals surface area (Å²) >= 11 is 5.79. The van der Waals surface area contributed by atoms with Crippen LogP contribution in [0.15, 0.2) is 18.2 Å². The smallest absolute Gasteiger partial charge is 0.238 e. The first-order chi connectivity index (χ1) is 8.24. The molecular weight excluding hydrogens is 240 g/mol. The standard InChI is InChI=1S/C12H14ClN2O2/c13-10-2-1-3-11(8-10)14-12(16)9-15-4-6-17-7-5-15/h1,3,8H,4-7,9H2,(H,14,16). The molecule has 5 heteroatoms. The number of ether oxygens (including phenoxy) is 1. The molecule has 2 rings (SSSR count). The molecule has 1 N–H and O–H groups in total. The lowest BCUT2D eigenvalue weighted by molar-refractivity contribution is -0.118. The highest BCUT2D eigenvalue weighted by molar-refractivity contribution is 6.30. The van der Waals surface area contributed by atoms with Gasteiger partial charge in [-0.2, -0.15) is 0 Å². The van der Waals surface area contributed by atoms with E-state index in [9.17, 15) is 4.79 Å². The molecule has 1 aliphatic heterocycles. The van der Waals surface area contributed by atoms with Crippen molar-refractivity contribution in [1.29, 1.82) is 0 Å². The summed E-state index contributed by atoms with van der Waals surface area (Å²) < 4.78 is 5.22. The molecule has 91 valence electrons. The van der Waals surface area contributed by atoms with E-state index < -0.39 is 0 Å². The average molecular weight is 254 g/mol. The summed E-state index contributed by atoms with van der Waals surface area (Å²) in [4.78, 5) is 13.8. The van der Waals surface area contributed by atoms with Gasteiger partial charge >= 0.3 is 0 Å². The van der Waals surface area contributed by atoms with Crippen LogP contribution in [0.25, 0.3) is 0 Å². The fourth-order valence-corrected chi connectivity index (χ4v) is 1.86. The monoisotopic (exact) mass is 253 g/mol. The maximum atomic E-state index is 11.7. The number of rotatable bonds is 3. The molecule has 1 saturated heterocycles. The predicted octanol–water partition coefficient (Wildman–Crippen LogP) is 1.41. The summed E-state index contributed by atoms with van der Waals surface area (Å²) in [5, 5.41) is 3.30. The second-order valence-corrected chi connectivity index (χ2v) is 4.27. The van der Waals surface area contributed by atoms with Gasteiger partial charge in [0.15, 0.2) is 0 Å². The fraction of sp³-hybridized carbons (Fsp3) is 0.417. The minimum absolute atomic E-state index is 0.0332. The summed E-state index contributed by atoms with van der Waals surface area (Å²) in [5.41, 5.74) is 0.701. The minimum Gasteiger partial charge on any atom is -0.379 e. The molecule has 1 aromatic rings. The van der Waals surface area contributed by atoms with Crippen LogP contribution in [0.4, 0.5) is 5.69 Å². The van der Waals surface area contributed by atoms with Gasteiger partial charge in [-0.1, -0.05) is 17.7 Å². The number of morpholine rings is 1. The van der Waals surface area contributed by atoms with Crippen molar-refractivity contribution in [2.75, 3.05) is 38.2 Å². The molecule has 0 spiro atoms. The van der Waals surface area contributed by atoms with Gasteiger partial charge in [-0.05, 0) is 12.1 Å². The molecule has 1 fully saturated rings. The van der Waals surface area contributed by atoms with E-state index in [1.54, 1.807) is 18.2 Å². The molecule has 1 radical (unpaired) electrons. The van der Waals surface area contributed by atoms with Gasteiger partial charge in [-0.3, -0.25) is 9.69 Å². The minimum atomic E-state index is -0.0332. The van der Waals surface area contributed by atoms with E-state index in [0.29, 0.717) is 30.5 Å². The number of amides is 1. The van der Waals surface area contributed by atoms with E-state index in [-0.39, 0.29) is 5.91 Å². The van der Waals surface area contributed by atoms with Crippen LogP contribution < -0.4 is 5.32 Å². The first-order valence-electron chi connectivity index (χ1n) is 5.51. The first kappa shape index (κ1) is 12.4. The van der Waals surface area contributed by atoms with Crippen molar-refractivity contribution in [2.24, 2.45) is 0 Å². The zero-order valence-corrected chi connectivity index (χ0v) is 10.2. The Morgan fingerprint density at radius 1 is 1.53 bits per heavy atom. The first-order valence-corrected chi connectivity index (χ1v) is 5.89. The largest absolute Gasteiger partial charge is 0.379 e. The van der Waals surface area contributed by atoms with Crippen molar-refractivity contribution in [3.63, 3.8) is 0 Å². The van der Waals surface area contributed by atoms with Gasteiger partial charge in [0.05, 0.1) is 24.8 Å². The number of hydrogen-bond donors (Lipinski definition) is 1. The number of anilines is 1. The Labute approximate surface area is 106 Å². The Kier molecular flexibility index (Phi) is 4.36. The van der Waals surface area contributed by atoms with Crippen molar-refractivity contribution in [2.45, 2.75) is 0 Å². The Bertz CT molecular complexity index is 392. The summed E-state index contributed by atoms with van der Waals surface area (Å²) in [6.07, 6.45) is 0. The molecule has 0 unspecified atom stereocenters. The van der Waals surface area contributed by atoms with Crippen LogP contribution in [-0.4, -0.2) is 43.7 Å². The quantitative estimate of drug-likeness (QED) is 0.886. The maximum Gasteiger partial charge on any atom is 0.238 e. The number of benzene rings is 1. The van der Waals surface area contributed by atoms with Gasteiger partial charge in [-0.25, -0.2) is 0 Å². The Morgan fingerprint density at radius 3 is 3.00 bits per heavy atom. The molecule has 1 heterocycles. The van der Waals surface area contributed by atoms with Crippen molar-refractivity contribution < 1.29 is 9.53 Å². The molecule has 0 bridgehead atoms. The SMILES string of the molecule is O=C(CN1CCOCC1)Nc1cc[c]c(Cl)c1. The Balaban J connectivity index is 1.84. The molecule has 0 aromatic heterocycles. The van der Waals surface area contributed by atoms with Gasteiger partial charge in [-0.15, -0.1) is 0 Å². The molecule has 1 aliphatic rings. The molecule has 4 nitrogen and oxygen atoms in total. The van der Waals surface area contributed by atoms with E-state index in [0.717, 1.165) is 13.1 Å². The molecule has 0 aliphatic carbocycles. The number of carbonyl (C=O) groups is 1. The zero-order valence-electron chi connectivity index (χ0n) is 9.41. The van der Waals surface area contributed by atoms with E-state index >= 15 is 0 Å². The van der Waals surface area contributed by atoms with E-state index in [1.165, 1.54) is 0 Å². The van der Waals surface area contributed by atoms with Crippen LogP contribution >= 0.6 is 11.6 Å². The van der Waals surface area contributed by atoms with Crippen molar-refractivity contribution in [3.05, 3.63) is 29.3 Å². The molecule has 1 aromatic carbocycles. The Morgan fingerprint density at radius 2 is 2.29 bits per heavy atom. The van der Waals surface area contributed by atoms with Crippen LogP contribution in [0.1, 0.15) is 0 Å². The van der Waals surface area contributed by atoms with E-state index in [1.807, 2.05) is 0 Å². The Hall–Kier alpha value is -1.10. The van der Waals surface area contributed by atoms with Gasteiger partial charge in [0.25, 0.3) is 0 Å². The molecule has 0 saturated carbocycles. The van der Waals surface area contributed by atoms with Crippen LogP contribution in [0.2, 0.25) is 5.02 Å². The highest BCUT2D eigenvalue weighted by Gasteiger charge is 2.13. The number of nitrogens with one attached hydrogen (secondary N) is 1. The lowest BCUT2D eigenvalue weighted by Gasteiger charge is -2.25. The number of nitrogens with zero attached hydrogens (tertiary/aromatic N) is 1. The highest BCUT2D eigenvalue weighted by Crippen LogP contribution is 2.14.